The molecule has 11 heavy (non-hydrogen) atoms. The van der Waals surface area contributed by atoms with Crippen molar-refractivity contribution in [2.24, 2.45) is 11.8 Å². The van der Waals surface area contributed by atoms with E-state index in [1.807, 2.05) is 0 Å². The van der Waals surface area contributed by atoms with Crippen molar-refractivity contribution in [3.8, 4) is 0 Å². The Labute approximate surface area is 68.2 Å². The predicted octanol–water partition coefficient (Wildman–Crippen LogP) is 2.55. The van der Waals surface area contributed by atoms with Crippen LogP contribution in [-0.4, -0.2) is 5.78 Å². The van der Waals surface area contributed by atoms with E-state index in [0.29, 0.717) is 5.78 Å². The molecule has 0 bridgehead atoms. The number of ketones is 1. The lowest BCUT2D eigenvalue weighted by molar-refractivity contribution is -0.119. The molecule has 2 rings (SSSR count). The van der Waals surface area contributed by atoms with E-state index >= 15 is 0 Å². The molecule has 2 saturated carbocycles. The van der Waals surface area contributed by atoms with Crippen LogP contribution >= 0.6 is 0 Å². The van der Waals surface area contributed by atoms with Crippen LogP contribution in [-0.2, 0) is 4.79 Å². The van der Waals surface area contributed by atoms with Gasteiger partial charge in [-0.25, -0.2) is 0 Å². The zero-order chi connectivity index (χ0) is 7.68. The third kappa shape index (κ3) is 2.64. The normalized spacial score (nSPS) is 23.6. The predicted molar refractivity (Wildman–Crippen MR) is 44.3 cm³/mol. The van der Waals surface area contributed by atoms with Crippen LogP contribution < -0.4 is 0 Å². The molecule has 0 heterocycles. The minimum atomic E-state index is 0.527. The van der Waals surface area contributed by atoms with Gasteiger partial charge >= 0.3 is 0 Å². The van der Waals surface area contributed by atoms with Crippen LogP contribution in [0.15, 0.2) is 0 Å². The first kappa shape index (κ1) is 7.33. The summed E-state index contributed by atoms with van der Waals surface area (Å²) in [6, 6.07) is 0. The van der Waals surface area contributed by atoms with Crippen LogP contribution in [0.5, 0.6) is 0 Å². The molecule has 1 nitrogen and oxygen atoms in total. The first-order chi connectivity index (χ1) is 5.34. The molecule has 0 aromatic rings. The lowest BCUT2D eigenvalue weighted by Gasteiger charge is -1.96. The smallest absolute Gasteiger partial charge is 0.133 e. The number of rotatable bonds is 5. The maximum Gasteiger partial charge on any atom is 0.133 e. The molecule has 2 aliphatic carbocycles. The van der Waals surface area contributed by atoms with Crippen molar-refractivity contribution >= 4 is 5.78 Å². The molecule has 0 amide bonds. The van der Waals surface area contributed by atoms with Gasteiger partial charge in [0.1, 0.15) is 5.78 Å². The van der Waals surface area contributed by atoms with Crippen LogP contribution in [0, 0.1) is 11.8 Å². The fourth-order valence-corrected chi connectivity index (χ4v) is 1.52. The first-order valence-corrected chi connectivity index (χ1v) is 4.86. The summed E-state index contributed by atoms with van der Waals surface area (Å²) in [7, 11) is 0. The minimum absolute atomic E-state index is 0.527. The lowest BCUT2D eigenvalue weighted by Crippen LogP contribution is -1.98. The molecule has 0 unspecified atom stereocenters. The summed E-state index contributed by atoms with van der Waals surface area (Å²) in [6.45, 7) is 0. The Balaban J connectivity index is 1.56. The fraction of sp³-hybridized carbons (Fsp3) is 0.900. The monoisotopic (exact) mass is 152 g/mol. The quantitative estimate of drug-likeness (QED) is 0.591. The summed E-state index contributed by atoms with van der Waals surface area (Å²) >= 11 is 0. The van der Waals surface area contributed by atoms with Crippen LogP contribution in [0.25, 0.3) is 0 Å². The third-order valence-electron chi connectivity index (χ3n) is 2.74. The van der Waals surface area contributed by atoms with Gasteiger partial charge in [-0.05, 0) is 31.1 Å². The molecule has 0 radical (unpaired) electrons. The average molecular weight is 152 g/mol. The second kappa shape index (κ2) is 2.96. The topological polar surface area (TPSA) is 17.1 Å². The highest BCUT2D eigenvalue weighted by Gasteiger charge is 2.26. The van der Waals surface area contributed by atoms with Gasteiger partial charge in [0.15, 0.2) is 0 Å². The molecule has 0 spiro atoms. The molecular weight excluding hydrogens is 136 g/mol. The molecule has 0 saturated heterocycles. The van der Waals surface area contributed by atoms with E-state index in [1.54, 1.807) is 0 Å². The van der Waals surface area contributed by atoms with Crippen LogP contribution in [0.3, 0.4) is 0 Å². The van der Waals surface area contributed by atoms with Crippen molar-refractivity contribution in [1.82, 2.24) is 0 Å². The van der Waals surface area contributed by atoms with Gasteiger partial charge in [-0.1, -0.05) is 12.8 Å². The SMILES string of the molecule is O=C(CCC1CC1)CC1CC1. The standard InChI is InChI=1S/C10H16O/c11-10(7-9-3-4-9)6-5-8-1-2-8/h8-9H,1-7H2. The van der Waals surface area contributed by atoms with Gasteiger partial charge in [0, 0.05) is 12.8 Å². The van der Waals surface area contributed by atoms with E-state index in [-0.39, 0.29) is 0 Å². The van der Waals surface area contributed by atoms with E-state index < -0.39 is 0 Å². The second-order valence-corrected chi connectivity index (χ2v) is 4.17. The molecule has 0 atom stereocenters. The average Bonchev–Trinajstić information content (AvgIpc) is 2.80. The maximum absolute atomic E-state index is 11.2. The number of hydrogen-bond donors (Lipinski definition) is 0. The summed E-state index contributed by atoms with van der Waals surface area (Å²) in [5, 5.41) is 0. The van der Waals surface area contributed by atoms with E-state index in [4.69, 9.17) is 0 Å². The van der Waals surface area contributed by atoms with Crippen molar-refractivity contribution in [3.05, 3.63) is 0 Å². The summed E-state index contributed by atoms with van der Waals surface area (Å²) in [5.41, 5.74) is 0. The van der Waals surface area contributed by atoms with Crippen LogP contribution in [0.2, 0.25) is 0 Å². The van der Waals surface area contributed by atoms with Crippen molar-refractivity contribution in [3.63, 3.8) is 0 Å². The number of carbonyl (C=O) groups excluding carboxylic acids is 1. The maximum atomic E-state index is 11.2. The Kier molecular flexibility index (Phi) is 1.97. The Morgan fingerprint density at radius 1 is 1.09 bits per heavy atom. The van der Waals surface area contributed by atoms with Crippen molar-refractivity contribution in [1.29, 1.82) is 0 Å². The molecule has 0 aromatic heterocycles. The molecule has 62 valence electrons. The molecular formula is C10H16O. The van der Waals surface area contributed by atoms with Crippen molar-refractivity contribution < 1.29 is 4.79 Å². The van der Waals surface area contributed by atoms with Gasteiger partial charge in [-0.3, -0.25) is 4.79 Å². The third-order valence-corrected chi connectivity index (χ3v) is 2.74. The lowest BCUT2D eigenvalue weighted by atomic mass is 10.1. The summed E-state index contributed by atoms with van der Waals surface area (Å²) in [4.78, 5) is 11.2. The number of carbonyl (C=O) groups is 1. The summed E-state index contributed by atoms with van der Waals surface area (Å²) < 4.78 is 0. The van der Waals surface area contributed by atoms with E-state index in [1.165, 1.54) is 32.1 Å². The highest BCUT2D eigenvalue weighted by molar-refractivity contribution is 5.78. The zero-order valence-corrected chi connectivity index (χ0v) is 7.01. The second-order valence-electron chi connectivity index (χ2n) is 4.17. The molecule has 1 heteroatoms. The largest absolute Gasteiger partial charge is 0.300 e. The minimum Gasteiger partial charge on any atom is -0.300 e. The fourth-order valence-electron chi connectivity index (χ4n) is 1.52. The van der Waals surface area contributed by atoms with Gasteiger partial charge in [-0.2, -0.15) is 0 Å². The molecule has 0 N–H and O–H groups in total. The molecule has 2 fully saturated rings. The van der Waals surface area contributed by atoms with Gasteiger partial charge in [0.05, 0.1) is 0 Å². The highest BCUT2D eigenvalue weighted by Crippen LogP contribution is 2.36. The Morgan fingerprint density at radius 2 is 1.73 bits per heavy atom. The van der Waals surface area contributed by atoms with E-state index in [0.717, 1.165) is 24.7 Å². The van der Waals surface area contributed by atoms with Crippen molar-refractivity contribution in [2.75, 3.05) is 0 Å². The Hall–Kier alpha value is -0.330. The van der Waals surface area contributed by atoms with Crippen LogP contribution in [0.4, 0.5) is 0 Å². The number of hydrogen-bond acceptors (Lipinski definition) is 1. The van der Waals surface area contributed by atoms with E-state index in [2.05, 4.69) is 0 Å². The van der Waals surface area contributed by atoms with Crippen LogP contribution in [0.1, 0.15) is 44.9 Å². The Morgan fingerprint density at radius 3 is 2.27 bits per heavy atom. The van der Waals surface area contributed by atoms with E-state index in [9.17, 15) is 4.79 Å². The zero-order valence-electron chi connectivity index (χ0n) is 7.01. The van der Waals surface area contributed by atoms with Gasteiger partial charge in [0.2, 0.25) is 0 Å². The molecule has 0 aliphatic heterocycles. The van der Waals surface area contributed by atoms with Gasteiger partial charge in [0.25, 0.3) is 0 Å². The van der Waals surface area contributed by atoms with Gasteiger partial charge < -0.3 is 0 Å². The van der Waals surface area contributed by atoms with Gasteiger partial charge in [-0.15, -0.1) is 0 Å². The Bertz CT molecular complexity index is 154. The number of Topliss-reactive ketones (excluding diaryl/α,β-unsaturated/α-hetero) is 1. The van der Waals surface area contributed by atoms with Crippen molar-refractivity contribution in [2.45, 2.75) is 44.9 Å². The molecule has 2 aliphatic rings. The summed E-state index contributed by atoms with van der Waals surface area (Å²) in [6.07, 6.45) is 8.36. The summed E-state index contributed by atoms with van der Waals surface area (Å²) in [5.74, 6) is 2.25. The highest BCUT2D eigenvalue weighted by atomic mass is 16.1. The molecule has 0 aromatic carbocycles. The first-order valence-electron chi connectivity index (χ1n) is 4.86.